The molecule has 2 aromatic carbocycles. The van der Waals surface area contributed by atoms with E-state index in [1.54, 1.807) is 0 Å². The van der Waals surface area contributed by atoms with Crippen LogP contribution in [-0.2, 0) is 13.1 Å². The molecule has 1 heterocycles. The van der Waals surface area contributed by atoms with Crippen molar-refractivity contribution in [2.45, 2.75) is 16.8 Å². The summed E-state index contributed by atoms with van der Waals surface area (Å²) in [4.78, 5) is 0. The molecule has 0 N–H and O–H groups in total. The molecule has 0 spiro atoms. The highest BCUT2D eigenvalue weighted by Gasteiger charge is 2.07. The first-order valence-electron chi connectivity index (χ1n) is 7.16. The highest BCUT2D eigenvalue weighted by atomic mass is 79.9. The maximum atomic E-state index is 3.52. The van der Waals surface area contributed by atoms with E-state index >= 15 is 0 Å². The average Bonchev–Trinajstić information content (AvgIpc) is 2.96. The summed E-state index contributed by atoms with van der Waals surface area (Å²) in [7, 11) is 0. The number of benzene rings is 2. The third-order valence-corrected chi connectivity index (χ3v) is 4.61. The second-order valence-corrected chi connectivity index (χ2v) is 8.35. The van der Waals surface area contributed by atoms with E-state index in [1.165, 1.54) is 16.7 Å². The van der Waals surface area contributed by atoms with Crippen molar-refractivity contribution in [1.82, 2.24) is 4.57 Å². The summed E-state index contributed by atoms with van der Waals surface area (Å²) in [5, 5.41) is 0. The van der Waals surface area contributed by atoms with Crippen LogP contribution < -0.4 is 4.57 Å². The van der Waals surface area contributed by atoms with Crippen LogP contribution in [0, 0.1) is 0 Å². The molecule has 0 aliphatic rings. The van der Waals surface area contributed by atoms with Crippen molar-refractivity contribution in [2.24, 2.45) is 0 Å². The molecule has 4 heteroatoms. The van der Waals surface area contributed by atoms with Crippen molar-refractivity contribution in [3.05, 3.63) is 90.0 Å². The van der Waals surface area contributed by atoms with E-state index in [4.69, 9.17) is 0 Å². The monoisotopic (exact) mass is 419 g/mol. The lowest BCUT2D eigenvalue weighted by atomic mass is 10.1. The number of imidazole rings is 1. The Balaban J connectivity index is 1.66. The topological polar surface area (TPSA) is 8.81 Å². The zero-order valence-electron chi connectivity index (χ0n) is 12.1. The Morgan fingerprint density at radius 1 is 0.909 bits per heavy atom. The van der Waals surface area contributed by atoms with Crippen molar-refractivity contribution in [2.75, 3.05) is 0 Å². The first-order chi connectivity index (χ1) is 10.7. The first-order valence-corrected chi connectivity index (χ1v) is 8.99. The summed E-state index contributed by atoms with van der Waals surface area (Å²) < 4.78 is 4.63. The Bertz CT molecular complexity index is 718. The van der Waals surface area contributed by atoms with Gasteiger partial charge >= 0.3 is 0 Å². The van der Waals surface area contributed by atoms with Crippen molar-refractivity contribution in [3.63, 3.8) is 0 Å². The summed E-state index contributed by atoms with van der Waals surface area (Å²) in [6.45, 7) is 1.79. The van der Waals surface area contributed by atoms with Gasteiger partial charge in [-0.15, -0.1) is 0 Å². The zero-order valence-corrected chi connectivity index (χ0v) is 15.2. The smallest absolute Gasteiger partial charge is 0.233 e. The maximum Gasteiger partial charge on any atom is 0.244 e. The largest absolute Gasteiger partial charge is 0.244 e. The van der Waals surface area contributed by atoms with Crippen LogP contribution in [0.5, 0.6) is 0 Å². The van der Waals surface area contributed by atoms with Crippen LogP contribution in [-0.4, -0.2) is 4.57 Å². The number of aromatic nitrogens is 2. The molecule has 0 amide bonds. The number of halogens is 2. The van der Waals surface area contributed by atoms with Crippen LogP contribution in [0.4, 0.5) is 0 Å². The van der Waals surface area contributed by atoms with Gasteiger partial charge in [-0.3, -0.25) is 0 Å². The lowest BCUT2D eigenvalue weighted by molar-refractivity contribution is -0.687. The van der Waals surface area contributed by atoms with Gasteiger partial charge in [-0.1, -0.05) is 86.5 Å². The van der Waals surface area contributed by atoms with Gasteiger partial charge in [-0.2, -0.15) is 0 Å². The van der Waals surface area contributed by atoms with Gasteiger partial charge in [-0.25, -0.2) is 9.13 Å². The van der Waals surface area contributed by atoms with E-state index in [0.29, 0.717) is 0 Å². The lowest BCUT2D eigenvalue weighted by Gasteiger charge is -2.03. The molecule has 3 aromatic rings. The van der Waals surface area contributed by atoms with Crippen molar-refractivity contribution in [3.8, 4) is 0 Å². The average molecular weight is 421 g/mol. The third kappa shape index (κ3) is 4.08. The van der Waals surface area contributed by atoms with Gasteiger partial charge in [0.25, 0.3) is 0 Å². The Kier molecular flexibility index (Phi) is 5.11. The normalized spacial score (nSPS) is 11.0. The number of hydrogen-bond donors (Lipinski definition) is 0. The second kappa shape index (κ2) is 7.25. The summed E-state index contributed by atoms with van der Waals surface area (Å²) in [6.07, 6.45) is 6.39. The second-order valence-electron chi connectivity index (χ2n) is 5.29. The Morgan fingerprint density at radius 3 is 2.32 bits per heavy atom. The highest BCUT2D eigenvalue weighted by Crippen LogP contribution is 2.28. The standard InChI is InChI=1S/C18H17Br2N2/c19-18(20)17-8-6-16(7-9-17)13-22-11-10-21(14-22)12-15-4-2-1-3-5-15/h1-11,14,18H,12-13H2/q+1. The summed E-state index contributed by atoms with van der Waals surface area (Å²) in [5.41, 5.74) is 3.84. The maximum absolute atomic E-state index is 3.52. The highest BCUT2D eigenvalue weighted by molar-refractivity contribution is 9.24. The molecule has 0 atom stereocenters. The molecule has 0 aliphatic carbocycles. The first kappa shape index (κ1) is 15.5. The predicted octanol–water partition coefficient (Wildman–Crippen LogP) is 4.66. The minimum Gasteiger partial charge on any atom is -0.233 e. The van der Waals surface area contributed by atoms with Crippen molar-refractivity contribution >= 4 is 31.9 Å². The van der Waals surface area contributed by atoms with E-state index in [-0.39, 0.29) is 3.74 Å². The van der Waals surface area contributed by atoms with Gasteiger partial charge < -0.3 is 0 Å². The summed E-state index contributed by atoms with van der Waals surface area (Å²) in [6, 6.07) is 19.1. The molecule has 3 rings (SSSR count). The van der Waals surface area contributed by atoms with Crippen LogP contribution in [0.1, 0.15) is 20.4 Å². The molecule has 0 bridgehead atoms. The molecular formula is C18H17Br2N2+. The van der Waals surface area contributed by atoms with E-state index in [2.05, 4.69) is 108 Å². The minimum atomic E-state index is 0.216. The molecule has 0 unspecified atom stereocenters. The van der Waals surface area contributed by atoms with Gasteiger partial charge in [0.2, 0.25) is 6.33 Å². The zero-order chi connectivity index (χ0) is 15.4. The van der Waals surface area contributed by atoms with E-state index < -0.39 is 0 Å². The van der Waals surface area contributed by atoms with E-state index in [1.807, 2.05) is 6.07 Å². The molecule has 0 aliphatic heterocycles. The number of rotatable bonds is 5. The van der Waals surface area contributed by atoms with Crippen LogP contribution >= 0.6 is 31.9 Å². The van der Waals surface area contributed by atoms with Gasteiger partial charge in [0.05, 0.1) is 3.74 Å². The number of nitrogens with zero attached hydrogens (tertiary/aromatic N) is 2. The Morgan fingerprint density at radius 2 is 1.64 bits per heavy atom. The van der Waals surface area contributed by atoms with E-state index in [0.717, 1.165) is 13.1 Å². The molecule has 0 saturated carbocycles. The molecule has 0 fully saturated rings. The minimum absolute atomic E-state index is 0.216. The predicted molar refractivity (Wildman–Crippen MR) is 96.3 cm³/mol. The number of hydrogen-bond acceptors (Lipinski definition) is 0. The van der Waals surface area contributed by atoms with Crippen molar-refractivity contribution in [1.29, 1.82) is 0 Å². The van der Waals surface area contributed by atoms with Gasteiger partial charge in [0, 0.05) is 0 Å². The van der Waals surface area contributed by atoms with Crippen LogP contribution in [0.2, 0.25) is 0 Å². The van der Waals surface area contributed by atoms with E-state index in [9.17, 15) is 0 Å². The number of alkyl halides is 2. The molecule has 22 heavy (non-hydrogen) atoms. The third-order valence-electron chi connectivity index (χ3n) is 3.55. The Hall–Kier alpha value is -1.39. The fraction of sp³-hybridized carbons (Fsp3) is 0.167. The quantitative estimate of drug-likeness (QED) is 0.419. The fourth-order valence-electron chi connectivity index (χ4n) is 2.40. The van der Waals surface area contributed by atoms with Crippen LogP contribution in [0.25, 0.3) is 0 Å². The lowest BCUT2D eigenvalue weighted by Crippen LogP contribution is -2.31. The summed E-state index contributed by atoms with van der Waals surface area (Å²) >= 11 is 7.03. The van der Waals surface area contributed by atoms with Gasteiger partial charge in [0.1, 0.15) is 25.5 Å². The van der Waals surface area contributed by atoms with Crippen LogP contribution in [0.15, 0.2) is 73.3 Å². The van der Waals surface area contributed by atoms with Gasteiger partial charge in [-0.05, 0) is 16.7 Å². The van der Waals surface area contributed by atoms with Crippen molar-refractivity contribution < 1.29 is 4.57 Å². The molecule has 0 saturated heterocycles. The molecular weight excluding hydrogens is 404 g/mol. The molecule has 1 aromatic heterocycles. The summed E-state index contributed by atoms with van der Waals surface area (Å²) in [5.74, 6) is 0. The Labute approximate surface area is 147 Å². The fourth-order valence-corrected chi connectivity index (χ4v) is 3.01. The van der Waals surface area contributed by atoms with Gasteiger partial charge in [0.15, 0.2) is 0 Å². The molecule has 2 nitrogen and oxygen atoms in total. The van der Waals surface area contributed by atoms with Crippen LogP contribution in [0.3, 0.4) is 0 Å². The molecule has 0 radical (unpaired) electrons. The molecule has 112 valence electrons. The SMILES string of the molecule is BrC(Br)c1ccc(Cn2cc[n+](Cc3ccccc3)c2)cc1.